The van der Waals surface area contributed by atoms with Crippen LogP contribution in [0.15, 0.2) is 205 Å². The molecule has 0 fully saturated rings. The second kappa shape index (κ2) is 12.5. The first-order valence-electron chi connectivity index (χ1n) is 17.8. The van der Waals surface area contributed by atoms with Gasteiger partial charge in [-0.1, -0.05) is 158 Å². The zero-order valence-corrected chi connectivity index (χ0v) is 28.4. The van der Waals surface area contributed by atoms with Crippen molar-refractivity contribution in [1.82, 2.24) is 0 Å². The Hall–Kier alpha value is -6.90. The summed E-state index contributed by atoms with van der Waals surface area (Å²) >= 11 is 0. The quantitative estimate of drug-likeness (QED) is 0.176. The van der Waals surface area contributed by atoms with Gasteiger partial charge >= 0.3 is 0 Å². The van der Waals surface area contributed by atoms with E-state index in [0.29, 0.717) is 0 Å². The van der Waals surface area contributed by atoms with E-state index in [2.05, 4.69) is 205 Å². The molecule has 9 aromatic carbocycles. The molecule has 0 amide bonds. The third kappa shape index (κ3) is 5.04. The van der Waals surface area contributed by atoms with Crippen molar-refractivity contribution in [1.29, 1.82) is 0 Å². The third-order valence-corrected chi connectivity index (χ3v) is 10.2. The van der Waals surface area contributed by atoms with Crippen LogP contribution in [0.25, 0.3) is 76.9 Å². The second-order valence-corrected chi connectivity index (χ2v) is 13.3. The van der Waals surface area contributed by atoms with Crippen LogP contribution < -0.4 is 4.90 Å². The van der Waals surface area contributed by atoms with Gasteiger partial charge in [-0.2, -0.15) is 0 Å². The normalized spacial score (nSPS) is 11.5. The Bertz CT molecular complexity index is 2900. The highest BCUT2D eigenvalue weighted by molar-refractivity contribution is 6.23. The van der Waals surface area contributed by atoms with Crippen LogP contribution >= 0.6 is 0 Å². The Kier molecular flexibility index (Phi) is 7.18. The summed E-state index contributed by atoms with van der Waals surface area (Å²) in [5.41, 5.74) is 12.1. The lowest BCUT2D eigenvalue weighted by Crippen LogP contribution is -2.11. The van der Waals surface area contributed by atoms with E-state index in [1.54, 1.807) is 0 Å². The lowest BCUT2D eigenvalue weighted by atomic mass is 9.93. The van der Waals surface area contributed by atoms with Crippen molar-refractivity contribution < 1.29 is 4.42 Å². The fourth-order valence-corrected chi connectivity index (χ4v) is 7.82. The largest absolute Gasteiger partial charge is 0.455 e. The van der Waals surface area contributed by atoms with Crippen molar-refractivity contribution in [3.05, 3.63) is 200 Å². The molecule has 0 bridgehead atoms. The van der Waals surface area contributed by atoms with Crippen molar-refractivity contribution in [3.8, 4) is 33.4 Å². The predicted octanol–water partition coefficient (Wildman–Crippen LogP) is 14.4. The van der Waals surface area contributed by atoms with Gasteiger partial charge in [0.25, 0.3) is 0 Å². The zero-order chi connectivity index (χ0) is 34.4. The van der Waals surface area contributed by atoms with Crippen LogP contribution in [0.4, 0.5) is 17.1 Å². The van der Waals surface area contributed by atoms with E-state index < -0.39 is 0 Å². The molecular weight excluding hydrogens is 631 g/mol. The number of benzene rings is 9. The number of rotatable bonds is 6. The molecule has 0 saturated carbocycles. The molecule has 0 aliphatic rings. The monoisotopic (exact) mass is 663 g/mol. The summed E-state index contributed by atoms with van der Waals surface area (Å²) in [6.07, 6.45) is 0. The number of anilines is 3. The molecule has 0 unspecified atom stereocenters. The Morgan fingerprint density at radius 1 is 0.346 bits per heavy atom. The summed E-state index contributed by atoms with van der Waals surface area (Å²) in [5, 5.41) is 6.83. The number of hydrogen-bond acceptors (Lipinski definition) is 2. The van der Waals surface area contributed by atoms with Crippen LogP contribution in [-0.4, -0.2) is 0 Å². The molecule has 0 aliphatic heterocycles. The fraction of sp³-hybridized carbons (Fsp3) is 0. The molecule has 10 rings (SSSR count). The molecule has 2 nitrogen and oxygen atoms in total. The fourth-order valence-electron chi connectivity index (χ4n) is 7.82. The molecule has 0 N–H and O–H groups in total. The Labute approximate surface area is 302 Å². The summed E-state index contributed by atoms with van der Waals surface area (Å²) in [7, 11) is 0. The maximum absolute atomic E-state index is 6.87. The van der Waals surface area contributed by atoms with E-state index >= 15 is 0 Å². The smallest absolute Gasteiger partial charge is 0.143 e. The molecule has 0 aliphatic carbocycles. The SMILES string of the molecule is c1ccc(-c2cccc(-c3cc4c(oc5cccc(N(c6cccc(-c7ccccc7)c6)c6cccc7ccccc67)c54)c4ccccc34)c2)cc1. The van der Waals surface area contributed by atoms with E-state index in [4.69, 9.17) is 4.42 Å². The van der Waals surface area contributed by atoms with Gasteiger partial charge < -0.3 is 9.32 Å². The summed E-state index contributed by atoms with van der Waals surface area (Å²) in [5.74, 6) is 0. The first kappa shape index (κ1) is 30.0. The summed E-state index contributed by atoms with van der Waals surface area (Å²) in [4.78, 5) is 2.41. The van der Waals surface area contributed by atoms with Crippen molar-refractivity contribution in [2.75, 3.05) is 4.90 Å². The van der Waals surface area contributed by atoms with Crippen molar-refractivity contribution in [2.45, 2.75) is 0 Å². The highest BCUT2D eigenvalue weighted by Gasteiger charge is 2.23. The summed E-state index contributed by atoms with van der Waals surface area (Å²) < 4.78 is 6.87. The van der Waals surface area contributed by atoms with Gasteiger partial charge in [0.05, 0.1) is 16.8 Å². The van der Waals surface area contributed by atoms with Crippen LogP contribution in [0, 0.1) is 0 Å². The maximum Gasteiger partial charge on any atom is 0.143 e. The van der Waals surface area contributed by atoms with Crippen LogP contribution in [0.1, 0.15) is 0 Å². The molecule has 2 heteroatoms. The van der Waals surface area contributed by atoms with E-state index in [1.165, 1.54) is 49.5 Å². The molecule has 0 saturated heterocycles. The van der Waals surface area contributed by atoms with Gasteiger partial charge in [-0.05, 0) is 86.6 Å². The van der Waals surface area contributed by atoms with Gasteiger partial charge in [0.1, 0.15) is 11.2 Å². The molecule has 52 heavy (non-hydrogen) atoms. The highest BCUT2D eigenvalue weighted by atomic mass is 16.3. The molecule has 1 heterocycles. The van der Waals surface area contributed by atoms with Crippen molar-refractivity contribution >= 4 is 60.5 Å². The molecule has 244 valence electrons. The Balaban J connectivity index is 1.27. The van der Waals surface area contributed by atoms with Gasteiger partial charge in [0, 0.05) is 21.8 Å². The second-order valence-electron chi connectivity index (χ2n) is 13.3. The first-order chi connectivity index (χ1) is 25.8. The van der Waals surface area contributed by atoms with Gasteiger partial charge in [-0.15, -0.1) is 0 Å². The minimum absolute atomic E-state index is 0.859. The molecular formula is C50H33NO. The lowest BCUT2D eigenvalue weighted by Gasteiger charge is -2.28. The molecule has 0 atom stereocenters. The first-order valence-corrected chi connectivity index (χ1v) is 17.8. The third-order valence-electron chi connectivity index (χ3n) is 10.2. The molecule has 0 radical (unpaired) electrons. The molecule has 1 aromatic heterocycles. The van der Waals surface area contributed by atoms with E-state index in [1.807, 2.05) is 0 Å². The number of fused-ring (bicyclic) bond motifs is 6. The van der Waals surface area contributed by atoms with Crippen LogP contribution in [0.5, 0.6) is 0 Å². The topological polar surface area (TPSA) is 16.4 Å². The van der Waals surface area contributed by atoms with Gasteiger partial charge in [-0.25, -0.2) is 0 Å². The highest BCUT2D eigenvalue weighted by Crippen LogP contribution is 2.48. The van der Waals surface area contributed by atoms with Gasteiger partial charge in [0.15, 0.2) is 0 Å². The minimum atomic E-state index is 0.859. The van der Waals surface area contributed by atoms with E-state index in [9.17, 15) is 0 Å². The van der Waals surface area contributed by atoms with E-state index in [0.717, 1.165) is 44.4 Å². The number of furan rings is 1. The average Bonchev–Trinajstić information content (AvgIpc) is 3.61. The minimum Gasteiger partial charge on any atom is -0.455 e. The lowest BCUT2D eigenvalue weighted by molar-refractivity contribution is 0.672. The van der Waals surface area contributed by atoms with Gasteiger partial charge in [-0.3, -0.25) is 0 Å². The van der Waals surface area contributed by atoms with Crippen LogP contribution in [-0.2, 0) is 0 Å². The zero-order valence-electron chi connectivity index (χ0n) is 28.4. The van der Waals surface area contributed by atoms with Crippen molar-refractivity contribution in [2.24, 2.45) is 0 Å². The molecule has 0 spiro atoms. The average molecular weight is 664 g/mol. The standard InChI is InChI=1S/C50H33NO/c1-3-15-34(16-4-1)37-21-11-23-39(31-37)44-33-45-49-47(29-14-30-48(49)52-50(45)43-27-10-9-26-42(43)44)51(46-28-13-20-36-19-7-8-25-41(36)46)40-24-12-22-38(32-40)35-17-5-2-6-18-35/h1-33H. The van der Waals surface area contributed by atoms with Crippen molar-refractivity contribution in [3.63, 3.8) is 0 Å². The van der Waals surface area contributed by atoms with Gasteiger partial charge in [0.2, 0.25) is 0 Å². The number of hydrogen-bond donors (Lipinski definition) is 0. The van der Waals surface area contributed by atoms with E-state index in [-0.39, 0.29) is 0 Å². The summed E-state index contributed by atoms with van der Waals surface area (Å²) in [6.45, 7) is 0. The van der Waals surface area contributed by atoms with Crippen LogP contribution in [0.2, 0.25) is 0 Å². The Morgan fingerprint density at radius 2 is 0.904 bits per heavy atom. The molecule has 10 aromatic rings. The summed E-state index contributed by atoms with van der Waals surface area (Å²) in [6, 6.07) is 71.6. The predicted molar refractivity (Wildman–Crippen MR) is 220 cm³/mol. The Morgan fingerprint density at radius 3 is 1.69 bits per heavy atom. The van der Waals surface area contributed by atoms with Crippen LogP contribution in [0.3, 0.4) is 0 Å². The number of nitrogens with zero attached hydrogens (tertiary/aromatic N) is 1. The maximum atomic E-state index is 6.87.